The first-order valence-corrected chi connectivity index (χ1v) is 18.7. The average molecular weight is 767 g/mol. The van der Waals surface area contributed by atoms with Crippen LogP contribution in [0.4, 0.5) is 28.2 Å². The Morgan fingerprint density at radius 2 is 1.85 bits per heavy atom. The van der Waals surface area contributed by atoms with Gasteiger partial charge in [-0.25, -0.2) is 27.3 Å². The first-order valence-electron chi connectivity index (χ1n) is 18.7. The predicted molar refractivity (Wildman–Crippen MR) is 193 cm³/mol. The van der Waals surface area contributed by atoms with Crippen LogP contribution in [0.3, 0.4) is 0 Å². The van der Waals surface area contributed by atoms with Crippen molar-refractivity contribution in [2.75, 3.05) is 51.7 Å². The van der Waals surface area contributed by atoms with E-state index in [-0.39, 0.29) is 82.7 Å². The first kappa shape index (κ1) is 36.0. The number of anilines is 1. The van der Waals surface area contributed by atoms with Gasteiger partial charge in [0.2, 0.25) is 5.88 Å². The number of piperazine rings is 1. The van der Waals surface area contributed by atoms with Gasteiger partial charge < -0.3 is 28.6 Å². The number of nitrogens with zero attached hydrogens (tertiary/aromatic N) is 6. The molecule has 5 aliphatic heterocycles. The number of methoxy groups -OCH3 is 1. The number of hydrogen-bond acceptors (Lipinski definition) is 11. The number of hydrogen-bond donors (Lipinski definition) is 0. The zero-order valence-electron chi connectivity index (χ0n) is 31.0. The predicted octanol–water partition coefficient (Wildman–Crippen LogP) is 6.55. The Bertz CT molecular complexity index is 2210. The SMILES string of the molecule is COCOc1cc(-c2nc3c4c(nc(OC[C@]56CCCN5C[C@@H](F)C6)nc4c2F)N2C[C@@H]4CC[C@H]([C@@H]2CO3)N4C(=O)OC(C)(C)C)c2c(F)c(F)ccc2c1. The third-order valence-electron chi connectivity index (χ3n) is 11.6. The summed E-state index contributed by atoms with van der Waals surface area (Å²) in [6.45, 7) is 6.84. The van der Waals surface area contributed by atoms with Crippen LogP contribution >= 0.6 is 0 Å². The lowest BCUT2D eigenvalue weighted by Crippen LogP contribution is -2.63. The summed E-state index contributed by atoms with van der Waals surface area (Å²) in [7, 11) is 1.43. The fourth-order valence-electron chi connectivity index (χ4n) is 9.32. The first-order chi connectivity index (χ1) is 26.3. The number of halogens is 4. The number of carbonyl (C=O) groups excluding carboxylic acids is 1. The molecule has 16 heteroatoms. The van der Waals surface area contributed by atoms with Crippen LogP contribution < -0.4 is 19.1 Å². The van der Waals surface area contributed by atoms with Crippen molar-refractivity contribution < 1.29 is 46.0 Å². The molecule has 9 rings (SSSR count). The number of pyridine rings is 1. The maximum absolute atomic E-state index is 17.4. The molecule has 7 heterocycles. The van der Waals surface area contributed by atoms with Gasteiger partial charge in [-0.05, 0) is 76.6 Å². The highest BCUT2D eigenvalue weighted by molar-refractivity contribution is 6.02. The summed E-state index contributed by atoms with van der Waals surface area (Å²) < 4.78 is 91.8. The van der Waals surface area contributed by atoms with Crippen molar-refractivity contribution in [3.63, 3.8) is 0 Å². The summed E-state index contributed by atoms with van der Waals surface area (Å²) >= 11 is 0. The lowest BCUT2D eigenvalue weighted by atomic mass is 9.95. The van der Waals surface area contributed by atoms with E-state index in [0.717, 1.165) is 25.5 Å². The molecule has 12 nitrogen and oxygen atoms in total. The Labute approximate surface area is 314 Å². The Balaban J connectivity index is 1.20. The Hall–Kier alpha value is -4.70. The topological polar surface area (TPSA) is 112 Å². The van der Waals surface area contributed by atoms with Crippen molar-refractivity contribution >= 4 is 33.6 Å². The molecule has 2 aromatic carbocycles. The summed E-state index contributed by atoms with van der Waals surface area (Å²) in [6.07, 6.45) is 1.92. The largest absolute Gasteiger partial charge is 0.475 e. The molecular formula is C39H42F4N6O6. The van der Waals surface area contributed by atoms with E-state index in [1.165, 1.54) is 25.3 Å². The van der Waals surface area contributed by atoms with E-state index in [2.05, 4.69) is 14.9 Å². The molecule has 1 amide bonds. The van der Waals surface area contributed by atoms with Gasteiger partial charge in [0.15, 0.2) is 24.2 Å². The van der Waals surface area contributed by atoms with Crippen LogP contribution in [0.15, 0.2) is 24.3 Å². The maximum Gasteiger partial charge on any atom is 0.410 e. The minimum absolute atomic E-state index is 0.0214. The van der Waals surface area contributed by atoms with Crippen LogP contribution in [0.5, 0.6) is 17.6 Å². The van der Waals surface area contributed by atoms with E-state index in [0.29, 0.717) is 38.2 Å². The van der Waals surface area contributed by atoms with Crippen LogP contribution in [0, 0.1) is 17.5 Å². The van der Waals surface area contributed by atoms with Crippen molar-refractivity contribution in [2.24, 2.45) is 0 Å². The van der Waals surface area contributed by atoms with E-state index >= 15 is 8.78 Å². The van der Waals surface area contributed by atoms with Gasteiger partial charge in [0.25, 0.3) is 0 Å². The molecule has 0 spiro atoms. The number of rotatable bonds is 7. The second kappa shape index (κ2) is 13.2. The molecular weight excluding hydrogens is 724 g/mol. The number of benzene rings is 2. The van der Waals surface area contributed by atoms with Crippen molar-refractivity contribution in [1.29, 1.82) is 0 Å². The Kier molecular flexibility index (Phi) is 8.64. The van der Waals surface area contributed by atoms with E-state index in [9.17, 15) is 13.6 Å². The quantitative estimate of drug-likeness (QED) is 0.151. The van der Waals surface area contributed by atoms with Gasteiger partial charge in [-0.2, -0.15) is 9.97 Å². The van der Waals surface area contributed by atoms with Gasteiger partial charge in [0.1, 0.15) is 53.2 Å². The van der Waals surface area contributed by atoms with Crippen LogP contribution in [0.2, 0.25) is 0 Å². The molecule has 4 saturated heterocycles. The number of fused-ring (bicyclic) bond motifs is 7. The average Bonchev–Trinajstić information content (AvgIpc) is 3.75. The summed E-state index contributed by atoms with van der Waals surface area (Å²) in [5.41, 5.74) is -1.90. The van der Waals surface area contributed by atoms with E-state index in [1.54, 1.807) is 4.90 Å². The molecule has 5 aliphatic rings. The van der Waals surface area contributed by atoms with Crippen molar-refractivity contribution in [2.45, 2.75) is 88.3 Å². The minimum atomic E-state index is -1.19. The second-order valence-electron chi connectivity index (χ2n) is 16.2. The van der Waals surface area contributed by atoms with Gasteiger partial charge in [-0.3, -0.25) is 9.80 Å². The number of carbonyl (C=O) groups is 1. The summed E-state index contributed by atoms with van der Waals surface area (Å²) in [6, 6.07) is 4.09. The number of alkyl halides is 1. The van der Waals surface area contributed by atoms with E-state index in [4.69, 9.17) is 28.7 Å². The zero-order chi connectivity index (χ0) is 38.4. The summed E-state index contributed by atoms with van der Waals surface area (Å²) in [5, 5.41) is 0.197. The molecule has 0 N–H and O–H groups in total. The standard InChI is InChI=1S/C39H42F4N6O6/c1-38(2,3)55-37(50)49-22-7-9-26(49)27-17-52-35-29-33(45-36(46-34(29)48(27)16-22)53-18-39-10-5-11-47(39)15-21(40)14-39)31(43)32(44-35)24-13-23(54-19-51-4)12-20-6-8-25(41)30(42)28(20)24/h6,8,12-13,21-22,26-27H,5,7,9-11,14-19H2,1-4H3/t21-,22-,26+,27-,39+/m0/s1. The Morgan fingerprint density at radius 1 is 1.02 bits per heavy atom. The fourth-order valence-corrected chi connectivity index (χ4v) is 9.32. The molecule has 0 unspecified atom stereocenters. The number of amides is 1. The molecule has 0 saturated carbocycles. The van der Waals surface area contributed by atoms with Crippen LogP contribution in [0.1, 0.15) is 52.9 Å². The molecule has 0 radical (unpaired) electrons. The lowest BCUT2D eigenvalue weighted by Gasteiger charge is -2.46. The molecule has 2 aromatic heterocycles. The molecule has 5 atom stereocenters. The molecule has 4 fully saturated rings. The van der Waals surface area contributed by atoms with Crippen molar-refractivity contribution in [3.05, 3.63) is 41.7 Å². The molecule has 4 aromatic rings. The molecule has 292 valence electrons. The van der Waals surface area contributed by atoms with Crippen LogP contribution in [-0.2, 0) is 9.47 Å². The molecule has 55 heavy (non-hydrogen) atoms. The number of aromatic nitrogens is 3. The highest BCUT2D eigenvalue weighted by Crippen LogP contribution is 2.47. The molecule has 2 bridgehead atoms. The van der Waals surface area contributed by atoms with Gasteiger partial charge in [0.05, 0.1) is 23.7 Å². The monoisotopic (exact) mass is 766 g/mol. The maximum atomic E-state index is 17.4. The smallest absolute Gasteiger partial charge is 0.410 e. The van der Waals surface area contributed by atoms with Gasteiger partial charge in [0, 0.05) is 37.6 Å². The van der Waals surface area contributed by atoms with Gasteiger partial charge in [-0.15, -0.1) is 0 Å². The third kappa shape index (κ3) is 6.03. The second-order valence-corrected chi connectivity index (χ2v) is 16.2. The van der Waals surface area contributed by atoms with E-state index in [1.807, 2.05) is 25.7 Å². The molecule has 0 aliphatic carbocycles. The highest BCUT2D eigenvalue weighted by Gasteiger charge is 2.52. The van der Waals surface area contributed by atoms with Crippen LogP contribution in [0.25, 0.3) is 32.9 Å². The summed E-state index contributed by atoms with van der Waals surface area (Å²) in [5.74, 6) is -2.76. The fraction of sp³-hybridized carbons (Fsp3) is 0.538. The lowest BCUT2D eigenvalue weighted by molar-refractivity contribution is 0.00537. The van der Waals surface area contributed by atoms with Crippen LogP contribution in [-0.4, -0.2) is 113 Å². The highest BCUT2D eigenvalue weighted by atomic mass is 19.2. The van der Waals surface area contributed by atoms with Crippen molar-refractivity contribution in [3.8, 4) is 28.9 Å². The minimum Gasteiger partial charge on any atom is -0.475 e. The zero-order valence-corrected chi connectivity index (χ0v) is 31.0. The van der Waals surface area contributed by atoms with Gasteiger partial charge >= 0.3 is 12.1 Å². The number of ether oxygens (including phenoxy) is 5. The van der Waals surface area contributed by atoms with E-state index < -0.39 is 46.9 Å². The Morgan fingerprint density at radius 3 is 2.65 bits per heavy atom. The third-order valence-corrected chi connectivity index (χ3v) is 11.6. The normalized spacial score (nSPS) is 25.9. The van der Waals surface area contributed by atoms with Gasteiger partial charge in [-0.1, -0.05) is 6.07 Å². The van der Waals surface area contributed by atoms with Crippen molar-refractivity contribution in [1.82, 2.24) is 24.8 Å². The summed E-state index contributed by atoms with van der Waals surface area (Å²) in [4.78, 5) is 33.5.